The Labute approximate surface area is 117 Å². The van der Waals surface area contributed by atoms with Crippen molar-refractivity contribution in [1.29, 1.82) is 0 Å². The number of aromatic nitrogens is 1. The molecule has 0 saturated carbocycles. The molecule has 3 heteroatoms. The largest absolute Gasteiger partial charge is 0.295 e. The third-order valence-corrected chi connectivity index (χ3v) is 3.30. The van der Waals surface area contributed by atoms with Gasteiger partial charge in [-0.2, -0.15) is 0 Å². The van der Waals surface area contributed by atoms with Crippen LogP contribution >= 0.6 is 0 Å². The van der Waals surface area contributed by atoms with E-state index in [1.807, 2.05) is 60.7 Å². The summed E-state index contributed by atoms with van der Waals surface area (Å²) in [7, 11) is 1.75. The molecule has 0 unspecified atom stereocenters. The zero-order valence-corrected chi connectivity index (χ0v) is 11.2. The van der Waals surface area contributed by atoms with Crippen LogP contribution in [0.5, 0.6) is 0 Å². The number of pyridine rings is 1. The molecule has 0 bridgehead atoms. The molecule has 3 nitrogen and oxygen atoms in total. The van der Waals surface area contributed by atoms with Gasteiger partial charge in [-0.1, -0.05) is 42.5 Å². The van der Waals surface area contributed by atoms with Crippen molar-refractivity contribution in [2.75, 3.05) is 11.9 Å². The van der Waals surface area contributed by atoms with Crippen LogP contribution in [0.4, 0.5) is 5.82 Å². The predicted molar refractivity (Wildman–Crippen MR) is 80.9 cm³/mol. The number of hydrogen-bond acceptors (Lipinski definition) is 2. The minimum absolute atomic E-state index is 0.0607. The Balaban J connectivity index is 2.05. The first-order chi connectivity index (χ1) is 9.77. The Hall–Kier alpha value is -2.68. The van der Waals surface area contributed by atoms with Gasteiger partial charge in [-0.3, -0.25) is 9.69 Å². The van der Waals surface area contributed by atoms with E-state index in [-0.39, 0.29) is 5.91 Å². The summed E-state index contributed by atoms with van der Waals surface area (Å²) in [5.41, 5.74) is 0.657. The molecule has 1 amide bonds. The van der Waals surface area contributed by atoms with Gasteiger partial charge in [-0.15, -0.1) is 0 Å². The van der Waals surface area contributed by atoms with Crippen LogP contribution in [-0.2, 0) is 0 Å². The summed E-state index contributed by atoms with van der Waals surface area (Å²) in [5.74, 6) is 0.617. The van der Waals surface area contributed by atoms with Crippen LogP contribution in [0.3, 0.4) is 0 Å². The topological polar surface area (TPSA) is 33.2 Å². The van der Waals surface area contributed by atoms with E-state index < -0.39 is 0 Å². The van der Waals surface area contributed by atoms with Gasteiger partial charge in [0.25, 0.3) is 5.91 Å². The smallest absolute Gasteiger partial charge is 0.259 e. The van der Waals surface area contributed by atoms with E-state index in [0.29, 0.717) is 11.4 Å². The van der Waals surface area contributed by atoms with E-state index in [4.69, 9.17) is 0 Å². The number of fused-ring (bicyclic) bond motifs is 1. The third-order valence-electron chi connectivity index (χ3n) is 3.30. The lowest BCUT2D eigenvalue weighted by Crippen LogP contribution is -2.27. The number of hydrogen-bond donors (Lipinski definition) is 0. The quantitative estimate of drug-likeness (QED) is 0.708. The Bertz CT molecular complexity index is 748. The highest BCUT2D eigenvalue weighted by atomic mass is 16.2. The molecular formula is C17H14N2O. The molecule has 3 rings (SSSR count). The van der Waals surface area contributed by atoms with Crippen LogP contribution in [0.1, 0.15) is 10.4 Å². The molecule has 2 aromatic carbocycles. The molecule has 0 aliphatic heterocycles. The fourth-order valence-electron chi connectivity index (χ4n) is 2.24. The molecular weight excluding hydrogens is 248 g/mol. The zero-order chi connectivity index (χ0) is 13.9. The van der Waals surface area contributed by atoms with E-state index in [2.05, 4.69) is 4.98 Å². The van der Waals surface area contributed by atoms with Crippen molar-refractivity contribution in [3.8, 4) is 0 Å². The van der Waals surface area contributed by atoms with E-state index in [1.54, 1.807) is 18.1 Å². The molecule has 0 aliphatic rings. The Kier molecular flexibility index (Phi) is 3.17. The van der Waals surface area contributed by atoms with E-state index in [0.717, 1.165) is 10.8 Å². The third kappa shape index (κ3) is 2.14. The fraction of sp³-hybridized carbons (Fsp3) is 0.0588. The Morgan fingerprint density at radius 2 is 1.65 bits per heavy atom. The highest BCUT2D eigenvalue weighted by molar-refractivity contribution is 6.09. The van der Waals surface area contributed by atoms with Crippen molar-refractivity contribution in [2.45, 2.75) is 0 Å². The van der Waals surface area contributed by atoms with Crippen molar-refractivity contribution < 1.29 is 4.79 Å². The second-order valence-electron chi connectivity index (χ2n) is 4.59. The standard InChI is InChI=1S/C17H14N2O/c1-19(17(20)14-8-3-2-4-9-14)16-15-10-6-5-7-13(15)11-12-18-16/h2-12H,1H3. The summed E-state index contributed by atoms with van der Waals surface area (Å²) in [6, 6.07) is 19.1. The molecule has 0 atom stereocenters. The molecule has 0 aliphatic carbocycles. The minimum atomic E-state index is -0.0607. The lowest BCUT2D eigenvalue weighted by Gasteiger charge is -2.18. The Morgan fingerprint density at radius 3 is 2.45 bits per heavy atom. The molecule has 20 heavy (non-hydrogen) atoms. The average Bonchev–Trinajstić information content (AvgIpc) is 2.54. The number of carbonyl (C=O) groups excluding carboxylic acids is 1. The number of amides is 1. The van der Waals surface area contributed by atoms with Crippen LogP contribution < -0.4 is 4.90 Å². The monoisotopic (exact) mass is 262 g/mol. The van der Waals surface area contributed by atoms with Gasteiger partial charge < -0.3 is 0 Å². The first kappa shape index (κ1) is 12.4. The second kappa shape index (κ2) is 5.13. The van der Waals surface area contributed by atoms with E-state index in [9.17, 15) is 4.79 Å². The summed E-state index contributed by atoms with van der Waals surface area (Å²) in [5, 5.41) is 2.05. The van der Waals surface area contributed by atoms with E-state index in [1.165, 1.54) is 0 Å². The van der Waals surface area contributed by atoms with Crippen LogP contribution in [-0.4, -0.2) is 17.9 Å². The first-order valence-electron chi connectivity index (χ1n) is 6.44. The van der Waals surface area contributed by atoms with Gasteiger partial charge in [0.15, 0.2) is 0 Å². The molecule has 0 radical (unpaired) electrons. The average molecular weight is 262 g/mol. The molecule has 98 valence electrons. The molecule has 0 saturated heterocycles. The maximum atomic E-state index is 12.5. The molecule has 0 spiro atoms. The summed E-state index contributed by atoms with van der Waals surface area (Å²) < 4.78 is 0. The summed E-state index contributed by atoms with van der Waals surface area (Å²) in [6.07, 6.45) is 1.73. The SMILES string of the molecule is CN(C(=O)c1ccccc1)c1nccc2ccccc12. The molecule has 0 N–H and O–H groups in total. The Morgan fingerprint density at radius 1 is 0.950 bits per heavy atom. The van der Waals surface area contributed by atoms with Gasteiger partial charge in [0.2, 0.25) is 0 Å². The van der Waals surface area contributed by atoms with Crippen molar-refractivity contribution >= 4 is 22.5 Å². The number of nitrogens with zero attached hydrogens (tertiary/aromatic N) is 2. The highest BCUT2D eigenvalue weighted by Gasteiger charge is 2.16. The zero-order valence-electron chi connectivity index (χ0n) is 11.2. The number of benzene rings is 2. The lowest BCUT2D eigenvalue weighted by molar-refractivity contribution is 0.0992. The fourth-order valence-corrected chi connectivity index (χ4v) is 2.24. The summed E-state index contributed by atoms with van der Waals surface area (Å²) in [4.78, 5) is 18.4. The lowest BCUT2D eigenvalue weighted by atomic mass is 10.1. The maximum Gasteiger partial charge on any atom is 0.259 e. The first-order valence-corrected chi connectivity index (χ1v) is 6.44. The van der Waals surface area contributed by atoms with Crippen LogP contribution in [0, 0.1) is 0 Å². The van der Waals surface area contributed by atoms with E-state index >= 15 is 0 Å². The normalized spacial score (nSPS) is 10.4. The van der Waals surface area contributed by atoms with Gasteiger partial charge in [0, 0.05) is 24.2 Å². The molecule has 3 aromatic rings. The maximum absolute atomic E-state index is 12.5. The minimum Gasteiger partial charge on any atom is -0.295 e. The van der Waals surface area contributed by atoms with Gasteiger partial charge in [-0.25, -0.2) is 4.98 Å². The van der Waals surface area contributed by atoms with Crippen molar-refractivity contribution in [2.24, 2.45) is 0 Å². The van der Waals surface area contributed by atoms with Gasteiger partial charge >= 0.3 is 0 Å². The number of anilines is 1. The molecule has 1 aromatic heterocycles. The number of rotatable bonds is 2. The van der Waals surface area contributed by atoms with Crippen LogP contribution in [0.25, 0.3) is 10.8 Å². The van der Waals surface area contributed by atoms with Crippen LogP contribution in [0.2, 0.25) is 0 Å². The van der Waals surface area contributed by atoms with Gasteiger partial charge in [0.1, 0.15) is 5.82 Å². The molecule has 0 fully saturated rings. The van der Waals surface area contributed by atoms with Gasteiger partial charge in [-0.05, 0) is 23.6 Å². The van der Waals surface area contributed by atoms with Crippen molar-refractivity contribution in [3.05, 3.63) is 72.4 Å². The summed E-state index contributed by atoms with van der Waals surface area (Å²) >= 11 is 0. The second-order valence-corrected chi connectivity index (χ2v) is 4.59. The van der Waals surface area contributed by atoms with Crippen LogP contribution in [0.15, 0.2) is 66.9 Å². The van der Waals surface area contributed by atoms with Crippen molar-refractivity contribution in [1.82, 2.24) is 4.98 Å². The van der Waals surface area contributed by atoms with Crippen molar-refractivity contribution in [3.63, 3.8) is 0 Å². The molecule has 1 heterocycles. The van der Waals surface area contributed by atoms with Gasteiger partial charge in [0.05, 0.1) is 0 Å². The highest BCUT2D eigenvalue weighted by Crippen LogP contribution is 2.24. The summed E-state index contributed by atoms with van der Waals surface area (Å²) in [6.45, 7) is 0. The number of carbonyl (C=O) groups is 1. The predicted octanol–water partition coefficient (Wildman–Crippen LogP) is 3.51.